The van der Waals surface area contributed by atoms with E-state index in [2.05, 4.69) is 15.1 Å². The van der Waals surface area contributed by atoms with Crippen LogP contribution < -0.4 is 5.73 Å². The average Bonchev–Trinajstić information content (AvgIpc) is 2.94. The Morgan fingerprint density at radius 3 is 2.79 bits per heavy atom. The molecule has 0 bridgehead atoms. The molecule has 0 amide bonds. The van der Waals surface area contributed by atoms with Gasteiger partial charge in [0.2, 0.25) is 0 Å². The lowest BCUT2D eigenvalue weighted by atomic mass is 10.1. The van der Waals surface area contributed by atoms with Crippen LogP contribution in [0.2, 0.25) is 0 Å². The van der Waals surface area contributed by atoms with Crippen molar-refractivity contribution < 1.29 is 0 Å². The minimum absolute atomic E-state index is 0.306. The summed E-state index contributed by atoms with van der Waals surface area (Å²) in [4.78, 5) is 8.97. The quantitative estimate of drug-likeness (QED) is 0.774. The normalized spacial score (nSPS) is 12.7. The number of aryl methyl sites for hydroxylation is 1. The molecule has 5 heteroatoms. The third kappa shape index (κ3) is 2.08. The summed E-state index contributed by atoms with van der Waals surface area (Å²) in [5.41, 5.74) is 9.71. The highest BCUT2D eigenvalue weighted by Crippen LogP contribution is 2.19. The van der Waals surface area contributed by atoms with Gasteiger partial charge in [-0.1, -0.05) is 12.1 Å². The largest absolute Gasteiger partial charge is 0.318 e. The van der Waals surface area contributed by atoms with Crippen LogP contribution in [0.1, 0.15) is 24.4 Å². The number of hydrogen-bond acceptors (Lipinski definition) is 4. The molecule has 5 nitrogen and oxygen atoms in total. The molecule has 0 saturated carbocycles. The van der Waals surface area contributed by atoms with E-state index >= 15 is 0 Å². The zero-order valence-corrected chi connectivity index (χ0v) is 10.7. The molecule has 96 valence electrons. The van der Waals surface area contributed by atoms with Crippen LogP contribution in [-0.2, 0) is 6.54 Å². The molecule has 0 aliphatic heterocycles. The molecule has 2 aromatic heterocycles. The fourth-order valence-corrected chi connectivity index (χ4v) is 2.14. The number of benzene rings is 1. The van der Waals surface area contributed by atoms with Crippen LogP contribution in [0.15, 0.2) is 42.7 Å². The van der Waals surface area contributed by atoms with E-state index in [4.69, 9.17) is 5.73 Å². The molecule has 0 radical (unpaired) electrons. The van der Waals surface area contributed by atoms with Crippen molar-refractivity contribution in [2.45, 2.75) is 19.5 Å². The van der Waals surface area contributed by atoms with Gasteiger partial charge in [0.15, 0.2) is 0 Å². The molecule has 0 fully saturated rings. The molecule has 0 spiro atoms. The van der Waals surface area contributed by atoms with Crippen molar-refractivity contribution in [1.29, 1.82) is 0 Å². The van der Waals surface area contributed by atoms with Crippen molar-refractivity contribution in [3.05, 3.63) is 54.1 Å². The van der Waals surface area contributed by atoms with Crippen LogP contribution in [0.4, 0.5) is 0 Å². The Kier molecular flexibility index (Phi) is 2.97. The van der Waals surface area contributed by atoms with Crippen molar-refractivity contribution in [3.8, 4) is 0 Å². The fourth-order valence-electron chi connectivity index (χ4n) is 2.14. The highest BCUT2D eigenvalue weighted by Gasteiger charge is 2.15. The summed E-state index contributed by atoms with van der Waals surface area (Å²) >= 11 is 0. The standard InChI is InChI=1S/C14H15N5/c1-2-19-13(7-8-17-19)14(15)12-9-16-10-5-3-4-6-11(10)18-12/h3-9,14H,2,15H2,1H3. The van der Waals surface area contributed by atoms with Crippen LogP contribution in [0, 0.1) is 0 Å². The summed E-state index contributed by atoms with van der Waals surface area (Å²) in [7, 11) is 0. The summed E-state index contributed by atoms with van der Waals surface area (Å²) in [5, 5.41) is 4.23. The third-order valence-electron chi connectivity index (χ3n) is 3.15. The zero-order chi connectivity index (χ0) is 13.2. The van der Waals surface area contributed by atoms with E-state index in [0.717, 1.165) is 29.0 Å². The van der Waals surface area contributed by atoms with E-state index in [1.165, 1.54) is 0 Å². The van der Waals surface area contributed by atoms with Gasteiger partial charge in [-0.05, 0) is 25.1 Å². The van der Waals surface area contributed by atoms with Crippen molar-refractivity contribution in [1.82, 2.24) is 19.7 Å². The number of rotatable bonds is 3. The predicted molar refractivity (Wildman–Crippen MR) is 73.5 cm³/mol. The van der Waals surface area contributed by atoms with Crippen LogP contribution in [-0.4, -0.2) is 19.7 Å². The Morgan fingerprint density at radius 2 is 2.00 bits per heavy atom. The van der Waals surface area contributed by atoms with Gasteiger partial charge < -0.3 is 5.73 Å². The highest BCUT2D eigenvalue weighted by molar-refractivity contribution is 5.73. The molecule has 0 aliphatic carbocycles. The minimum Gasteiger partial charge on any atom is -0.318 e. The SMILES string of the molecule is CCn1nccc1C(N)c1cnc2ccccc2n1. The second-order valence-corrected chi connectivity index (χ2v) is 4.33. The van der Waals surface area contributed by atoms with Gasteiger partial charge >= 0.3 is 0 Å². The van der Waals surface area contributed by atoms with Gasteiger partial charge in [0.1, 0.15) is 0 Å². The van der Waals surface area contributed by atoms with Gasteiger partial charge in [-0.25, -0.2) is 4.98 Å². The molecule has 1 atom stereocenters. The number of hydrogen-bond donors (Lipinski definition) is 1. The lowest BCUT2D eigenvalue weighted by molar-refractivity contribution is 0.596. The molecule has 3 rings (SSSR count). The summed E-state index contributed by atoms with van der Waals surface area (Å²) < 4.78 is 1.88. The topological polar surface area (TPSA) is 69.6 Å². The molecular formula is C14H15N5. The van der Waals surface area contributed by atoms with E-state index < -0.39 is 0 Å². The number of nitrogens with two attached hydrogens (primary N) is 1. The van der Waals surface area contributed by atoms with Gasteiger partial charge in [-0.15, -0.1) is 0 Å². The van der Waals surface area contributed by atoms with Crippen molar-refractivity contribution in [2.24, 2.45) is 5.73 Å². The fraction of sp³-hybridized carbons (Fsp3) is 0.214. The lowest BCUT2D eigenvalue weighted by Crippen LogP contribution is -2.18. The van der Waals surface area contributed by atoms with Crippen molar-refractivity contribution in [3.63, 3.8) is 0 Å². The molecule has 2 N–H and O–H groups in total. The Bertz CT molecular complexity index is 704. The molecule has 0 aliphatic rings. The summed E-state index contributed by atoms with van der Waals surface area (Å²) in [6.45, 7) is 2.83. The predicted octanol–water partition coefficient (Wildman–Crippen LogP) is 1.89. The smallest absolute Gasteiger partial charge is 0.0912 e. The van der Waals surface area contributed by atoms with Crippen LogP contribution in [0.5, 0.6) is 0 Å². The van der Waals surface area contributed by atoms with Crippen LogP contribution in [0.25, 0.3) is 11.0 Å². The summed E-state index contributed by atoms with van der Waals surface area (Å²) in [6, 6.07) is 9.39. The Hall–Kier alpha value is -2.27. The van der Waals surface area contributed by atoms with E-state index in [0.29, 0.717) is 0 Å². The molecule has 1 unspecified atom stereocenters. The molecule has 19 heavy (non-hydrogen) atoms. The van der Waals surface area contributed by atoms with Gasteiger partial charge in [0, 0.05) is 12.7 Å². The van der Waals surface area contributed by atoms with Gasteiger partial charge in [0.05, 0.1) is 34.7 Å². The van der Waals surface area contributed by atoms with Crippen molar-refractivity contribution >= 4 is 11.0 Å². The zero-order valence-electron chi connectivity index (χ0n) is 10.7. The van der Waals surface area contributed by atoms with Crippen LogP contribution >= 0.6 is 0 Å². The minimum atomic E-state index is -0.306. The third-order valence-corrected chi connectivity index (χ3v) is 3.15. The highest BCUT2D eigenvalue weighted by atomic mass is 15.3. The average molecular weight is 253 g/mol. The van der Waals surface area contributed by atoms with E-state index in [-0.39, 0.29) is 6.04 Å². The molecule has 1 aromatic carbocycles. The molecule has 2 heterocycles. The number of para-hydroxylation sites is 2. The monoisotopic (exact) mass is 253 g/mol. The van der Waals surface area contributed by atoms with Crippen LogP contribution in [0.3, 0.4) is 0 Å². The Balaban J connectivity index is 2.04. The van der Waals surface area contributed by atoms with E-state index in [1.54, 1.807) is 12.4 Å². The number of nitrogens with zero attached hydrogens (tertiary/aromatic N) is 4. The first kappa shape index (κ1) is 11.8. The molecule has 3 aromatic rings. The Morgan fingerprint density at radius 1 is 1.21 bits per heavy atom. The first-order valence-corrected chi connectivity index (χ1v) is 6.28. The number of aromatic nitrogens is 4. The first-order valence-electron chi connectivity index (χ1n) is 6.28. The molecular weight excluding hydrogens is 238 g/mol. The van der Waals surface area contributed by atoms with E-state index in [9.17, 15) is 0 Å². The van der Waals surface area contributed by atoms with Gasteiger partial charge in [-0.2, -0.15) is 5.10 Å². The summed E-state index contributed by atoms with van der Waals surface area (Å²) in [6.07, 6.45) is 3.49. The van der Waals surface area contributed by atoms with Gasteiger partial charge in [0.25, 0.3) is 0 Å². The maximum Gasteiger partial charge on any atom is 0.0912 e. The second kappa shape index (κ2) is 4.78. The first-order chi connectivity index (χ1) is 9.29. The van der Waals surface area contributed by atoms with E-state index in [1.807, 2.05) is 41.9 Å². The maximum absolute atomic E-state index is 6.26. The second-order valence-electron chi connectivity index (χ2n) is 4.33. The maximum atomic E-state index is 6.26. The lowest BCUT2D eigenvalue weighted by Gasteiger charge is -2.13. The van der Waals surface area contributed by atoms with Crippen molar-refractivity contribution in [2.75, 3.05) is 0 Å². The number of fused-ring (bicyclic) bond motifs is 1. The summed E-state index contributed by atoms with van der Waals surface area (Å²) in [5.74, 6) is 0. The molecule has 0 saturated heterocycles. The van der Waals surface area contributed by atoms with Gasteiger partial charge in [-0.3, -0.25) is 9.67 Å². The Labute approximate surface area is 111 Å².